The second-order valence-corrected chi connectivity index (χ2v) is 7.03. The van der Waals surface area contributed by atoms with Crippen LogP contribution in [-0.4, -0.2) is 44.7 Å². The van der Waals surface area contributed by atoms with Crippen LogP contribution < -0.4 is 5.32 Å². The van der Waals surface area contributed by atoms with Crippen molar-refractivity contribution in [3.05, 3.63) is 0 Å². The first-order valence-electron chi connectivity index (χ1n) is 6.59. The van der Waals surface area contributed by atoms with E-state index in [0.29, 0.717) is 25.0 Å². The van der Waals surface area contributed by atoms with Gasteiger partial charge in [-0.05, 0) is 31.7 Å². The van der Waals surface area contributed by atoms with E-state index in [-0.39, 0.29) is 0 Å². The molecule has 1 aliphatic heterocycles. The van der Waals surface area contributed by atoms with E-state index in [0.717, 1.165) is 32.2 Å². The normalized spacial score (nSPS) is 23.5. The van der Waals surface area contributed by atoms with Gasteiger partial charge in [-0.3, -0.25) is 0 Å². The minimum absolute atomic E-state index is 0.351. The minimum Gasteiger partial charge on any atom is -0.313 e. The van der Waals surface area contributed by atoms with Gasteiger partial charge in [-0.2, -0.15) is 0 Å². The monoisotopic (exact) mass is 272 g/mol. The Balaban J connectivity index is 2.41. The summed E-state index contributed by atoms with van der Waals surface area (Å²) in [6, 6.07) is 0.351. The van der Waals surface area contributed by atoms with Crippen molar-refractivity contribution < 1.29 is 8.42 Å². The van der Waals surface area contributed by atoms with Gasteiger partial charge in [-0.1, -0.05) is 6.92 Å². The van der Waals surface area contributed by atoms with Gasteiger partial charge in [0.15, 0.2) is 0 Å². The molecule has 0 aromatic rings. The Morgan fingerprint density at radius 3 is 2.83 bits per heavy atom. The molecule has 1 N–H and O–H groups in total. The summed E-state index contributed by atoms with van der Waals surface area (Å²) in [5, 5.41) is 3.45. The highest BCUT2D eigenvalue weighted by molar-refractivity contribution is 7.88. The number of sulfonamides is 1. The third-order valence-corrected chi connectivity index (χ3v) is 4.77. The molecule has 1 fully saturated rings. The first kappa shape index (κ1) is 15.5. The van der Waals surface area contributed by atoms with Gasteiger partial charge in [0.25, 0.3) is 0 Å². The summed E-state index contributed by atoms with van der Waals surface area (Å²) in [5.41, 5.74) is 0. The molecule has 2 unspecified atom stereocenters. The number of rotatable bonds is 6. The molecule has 0 saturated carbocycles. The fraction of sp³-hybridized carbons (Fsp3) is 0.846. The zero-order valence-electron chi connectivity index (χ0n) is 11.4. The maximum Gasteiger partial charge on any atom is 0.211 e. The Hall–Kier alpha value is -0.570. The van der Waals surface area contributed by atoms with Crippen molar-refractivity contribution in [1.82, 2.24) is 9.62 Å². The fourth-order valence-electron chi connectivity index (χ4n) is 2.33. The van der Waals surface area contributed by atoms with Crippen LogP contribution in [0.5, 0.6) is 0 Å². The second kappa shape index (κ2) is 7.13. The molecule has 104 valence electrons. The van der Waals surface area contributed by atoms with Gasteiger partial charge in [-0.25, -0.2) is 12.7 Å². The number of hydrogen-bond donors (Lipinski definition) is 1. The van der Waals surface area contributed by atoms with Crippen LogP contribution in [0.25, 0.3) is 0 Å². The lowest BCUT2D eigenvalue weighted by Crippen LogP contribution is -2.43. The Morgan fingerprint density at radius 1 is 1.56 bits per heavy atom. The molecule has 18 heavy (non-hydrogen) atoms. The molecular weight excluding hydrogens is 248 g/mol. The van der Waals surface area contributed by atoms with Crippen molar-refractivity contribution in [2.24, 2.45) is 5.92 Å². The first-order valence-corrected chi connectivity index (χ1v) is 8.44. The summed E-state index contributed by atoms with van der Waals surface area (Å²) >= 11 is 0. The smallest absolute Gasteiger partial charge is 0.211 e. The summed E-state index contributed by atoms with van der Waals surface area (Å²) in [5.74, 6) is 3.07. The highest BCUT2D eigenvalue weighted by Crippen LogP contribution is 2.18. The molecule has 0 aromatic carbocycles. The molecule has 5 heteroatoms. The van der Waals surface area contributed by atoms with Gasteiger partial charge in [-0.15, -0.1) is 12.3 Å². The third kappa shape index (κ3) is 4.97. The fourth-order valence-corrected chi connectivity index (χ4v) is 3.27. The van der Waals surface area contributed by atoms with Crippen molar-refractivity contribution in [2.45, 2.75) is 38.6 Å². The summed E-state index contributed by atoms with van der Waals surface area (Å²) in [6.45, 7) is 4.26. The Bertz CT molecular complexity index is 386. The van der Waals surface area contributed by atoms with E-state index >= 15 is 0 Å². The molecular formula is C13H24N2O2S. The Kier molecular flexibility index (Phi) is 6.13. The summed E-state index contributed by atoms with van der Waals surface area (Å²) in [7, 11) is -3.04. The third-order valence-electron chi connectivity index (χ3n) is 3.50. The van der Waals surface area contributed by atoms with Crippen LogP contribution in [0.1, 0.15) is 32.6 Å². The highest BCUT2D eigenvalue weighted by Gasteiger charge is 2.25. The molecule has 1 aliphatic rings. The van der Waals surface area contributed by atoms with Crippen molar-refractivity contribution in [2.75, 3.05) is 25.9 Å². The van der Waals surface area contributed by atoms with Crippen molar-refractivity contribution in [3.63, 3.8) is 0 Å². The molecule has 0 spiro atoms. The number of piperidine rings is 1. The van der Waals surface area contributed by atoms with Gasteiger partial charge in [0, 0.05) is 25.6 Å². The average molecular weight is 272 g/mol. The predicted molar refractivity (Wildman–Crippen MR) is 74.7 cm³/mol. The molecule has 1 heterocycles. The molecule has 0 radical (unpaired) electrons. The van der Waals surface area contributed by atoms with Crippen LogP contribution in [0.15, 0.2) is 0 Å². The first-order chi connectivity index (χ1) is 8.47. The van der Waals surface area contributed by atoms with Crippen molar-refractivity contribution in [1.29, 1.82) is 0 Å². The van der Waals surface area contributed by atoms with E-state index < -0.39 is 10.0 Å². The molecule has 2 atom stereocenters. The molecule has 1 saturated heterocycles. The predicted octanol–water partition coefficient (Wildman–Crippen LogP) is 1.05. The number of hydrogen-bond acceptors (Lipinski definition) is 3. The topological polar surface area (TPSA) is 49.4 Å². The molecule has 0 aromatic heterocycles. The molecule has 0 bridgehead atoms. The zero-order chi connectivity index (χ0) is 13.6. The van der Waals surface area contributed by atoms with E-state index in [1.165, 1.54) is 6.26 Å². The summed E-state index contributed by atoms with van der Waals surface area (Å²) < 4.78 is 24.6. The van der Waals surface area contributed by atoms with Crippen LogP contribution in [0.4, 0.5) is 0 Å². The van der Waals surface area contributed by atoms with Crippen molar-refractivity contribution in [3.8, 4) is 12.3 Å². The van der Waals surface area contributed by atoms with E-state index in [2.05, 4.69) is 18.2 Å². The summed E-state index contributed by atoms with van der Waals surface area (Å²) in [6.07, 6.45) is 10.4. The van der Waals surface area contributed by atoms with Gasteiger partial charge in [0.05, 0.1) is 6.26 Å². The van der Waals surface area contributed by atoms with E-state index in [9.17, 15) is 8.42 Å². The number of nitrogens with one attached hydrogen (secondary N) is 1. The van der Waals surface area contributed by atoms with Crippen LogP contribution in [0.3, 0.4) is 0 Å². The maximum atomic E-state index is 11.5. The quantitative estimate of drug-likeness (QED) is 0.735. The lowest BCUT2D eigenvalue weighted by atomic mass is 9.99. The van der Waals surface area contributed by atoms with E-state index in [4.69, 9.17) is 6.42 Å². The van der Waals surface area contributed by atoms with E-state index in [1.54, 1.807) is 4.31 Å². The average Bonchev–Trinajstić information content (AvgIpc) is 2.34. The van der Waals surface area contributed by atoms with Crippen LogP contribution in [-0.2, 0) is 10.0 Å². The largest absolute Gasteiger partial charge is 0.313 e. The standard InChI is InChI=1S/C13H24N2O2S/c1-4-7-13(5-2)14-10-12-8-6-9-15(11-12)18(3,16)17/h1,12-14H,5-11H2,2-3H3. The SMILES string of the molecule is C#CCC(CC)NCC1CCCN(S(C)(=O)=O)C1. The molecule has 0 aliphatic carbocycles. The Morgan fingerprint density at radius 2 is 2.28 bits per heavy atom. The second-order valence-electron chi connectivity index (χ2n) is 5.05. The van der Waals surface area contributed by atoms with Crippen LogP contribution in [0.2, 0.25) is 0 Å². The van der Waals surface area contributed by atoms with E-state index in [1.807, 2.05) is 0 Å². The molecule has 4 nitrogen and oxygen atoms in total. The van der Waals surface area contributed by atoms with Gasteiger partial charge >= 0.3 is 0 Å². The van der Waals surface area contributed by atoms with Crippen LogP contribution >= 0.6 is 0 Å². The molecule has 1 rings (SSSR count). The van der Waals surface area contributed by atoms with Crippen molar-refractivity contribution >= 4 is 10.0 Å². The Labute approximate surface area is 111 Å². The lowest BCUT2D eigenvalue weighted by Gasteiger charge is -2.31. The molecule has 0 amide bonds. The maximum absolute atomic E-state index is 11.5. The number of terminal acetylenes is 1. The highest BCUT2D eigenvalue weighted by atomic mass is 32.2. The minimum atomic E-state index is -3.04. The van der Waals surface area contributed by atoms with Crippen LogP contribution in [0, 0.1) is 18.3 Å². The lowest BCUT2D eigenvalue weighted by molar-refractivity contribution is 0.254. The summed E-state index contributed by atoms with van der Waals surface area (Å²) in [4.78, 5) is 0. The van der Waals surface area contributed by atoms with Gasteiger partial charge < -0.3 is 5.32 Å². The van der Waals surface area contributed by atoms with Gasteiger partial charge in [0.1, 0.15) is 0 Å². The zero-order valence-corrected chi connectivity index (χ0v) is 12.2. The van der Waals surface area contributed by atoms with Gasteiger partial charge in [0.2, 0.25) is 10.0 Å². The number of nitrogens with zero attached hydrogens (tertiary/aromatic N) is 1.